The number of rotatable bonds is 4. The maximum atomic E-state index is 12.1. The second-order valence-electron chi connectivity index (χ2n) is 4.56. The molecule has 0 aliphatic heterocycles. The Labute approximate surface area is 145 Å². The highest BCUT2D eigenvalue weighted by Crippen LogP contribution is 2.31. The third-order valence-electron chi connectivity index (χ3n) is 3.00. The highest BCUT2D eigenvalue weighted by Gasteiger charge is 2.31. The van der Waals surface area contributed by atoms with E-state index < -0.39 is 23.1 Å². The van der Waals surface area contributed by atoms with Crippen molar-refractivity contribution in [3.63, 3.8) is 0 Å². The molecular weight excluding hydrogens is 372 g/mol. The van der Waals surface area contributed by atoms with Gasteiger partial charge in [-0.2, -0.15) is 0 Å². The Morgan fingerprint density at radius 2 is 1.75 bits per heavy atom. The first-order valence-corrected chi connectivity index (χ1v) is 6.60. The van der Waals surface area contributed by atoms with Crippen molar-refractivity contribution in [1.29, 1.82) is 0 Å². The zero-order chi connectivity index (χ0) is 17.2. The van der Waals surface area contributed by atoms with Crippen molar-refractivity contribution >= 4 is 29.7 Å². The van der Waals surface area contributed by atoms with Crippen LogP contribution >= 0.6 is 24.0 Å². The number of nitrogens with two attached hydrogens (primary N) is 1. The van der Waals surface area contributed by atoms with E-state index >= 15 is 0 Å². The summed E-state index contributed by atoms with van der Waals surface area (Å²) < 4.78 is 40.1. The molecule has 2 aromatic carbocycles. The second kappa shape index (κ2) is 7.69. The van der Waals surface area contributed by atoms with Crippen molar-refractivity contribution in [2.24, 2.45) is 5.73 Å². The van der Waals surface area contributed by atoms with Crippen LogP contribution < -0.4 is 10.5 Å². The van der Waals surface area contributed by atoms with E-state index in [4.69, 9.17) is 17.3 Å². The van der Waals surface area contributed by atoms with Crippen LogP contribution in [0.3, 0.4) is 0 Å². The summed E-state index contributed by atoms with van der Waals surface area (Å²) in [5.74, 6) is -0.390. The molecule has 10 heteroatoms. The minimum atomic E-state index is -4.78. The first-order chi connectivity index (χ1) is 10.7. The van der Waals surface area contributed by atoms with Crippen molar-refractivity contribution in [1.82, 2.24) is 0 Å². The lowest BCUT2D eigenvalue weighted by Crippen LogP contribution is -2.17. The number of alkyl halides is 3. The molecule has 0 bridgehead atoms. The minimum Gasteiger partial charge on any atom is -0.406 e. The van der Waals surface area contributed by atoms with E-state index in [-0.39, 0.29) is 23.1 Å². The molecule has 1 atom stereocenters. The van der Waals surface area contributed by atoms with Crippen LogP contribution in [0.5, 0.6) is 5.75 Å². The molecule has 2 N–H and O–H groups in total. The normalized spacial score (nSPS) is 12.2. The Balaban J connectivity index is 0.00000288. The number of nitrogens with zero attached hydrogens (tertiary/aromatic N) is 1. The molecule has 0 saturated heterocycles. The minimum absolute atomic E-state index is 0. The molecule has 0 aliphatic rings. The summed E-state index contributed by atoms with van der Waals surface area (Å²) in [6, 6.07) is 7.85. The third kappa shape index (κ3) is 4.98. The predicted octanol–water partition coefficient (Wildman–Crippen LogP) is 4.62. The molecule has 0 spiro atoms. The lowest BCUT2D eigenvalue weighted by Gasteiger charge is -2.15. The molecule has 0 radical (unpaired) electrons. The van der Waals surface area contributed by atoms with Gasteiger partial charge in [0.15, 0.2) is 0 Å². The number of hydrogen-bond acceptors (Lipinski definition) is 4. The largest absolute Gasteiger partial charge is 0.573 e. The van der Waals surface area contributed by atoms with E-state index in [0.29, 0.717) is 11.1 Å². The molecule has 130 valence electrons. The van der Waals surface area contributed by atoms with Crippen LogP contribution in [0.15, 0.2) is 42.5 Å². The molecule has 2 aromatic rings. The van der Waals surface area contributed by atoms with Gasteiger partial charge in [0.2, 0.25) is 0 Å². The highest BCUT2D eigenvalue weighted by molar-refractivity contribution is 6.31. The molecule has 0 amide bonds. The van der Waals surface area contributed by atoms with E-state index in [1.54, 1.807) is 0 Å². The SMILES string of the molecule is Cl.N[C@@H](c1ccc(OC(F)(F)F)cc1)c1cc([N+](=O)[O-])ccc1Cl. The number of halogens is 5. The van der Waals surface area contributed by atoms with Gasteiger partial charge in [-0.1, -0.05) is 23.7 Å². The fraction of sp³-hybridized carbons (Fsp3) is 0.143. The van der Waals surface area contributed by atoms with Crippen LogP contribution in [-0.2, 0) is 0 Å². The molecule has 2 rings (SSSR count). The Kier molecular flexibility index (Phi) is 6.42. The molecule has 0 saturated carbocycles. The van der Waals surface area contributed by atoms with Crippen molar-refractivity contribution in [3.05, 3.63) is 68.7 Å². The average Bonchev–Trinajstić information content (AvgIpc) is 2.46. The van der Waals surface area contributed by atoms with Crippen LogP contribution in [0.25, 0.3) is 0 Å². The van der Waals surface area contributed by atoms with Gasteiger partial charge in [0.25, 0.3) is 5.69 Å². The van der Waals surface area contributed by atoms with Gasteiger partial charge in [-0.05, 0) is 29.3 Å². The average molecular weight is 383 g/mol. The van der Waals surface area contributed by atoms with Crippen LogP contribution in [0.2, 0.25) is 5.02 Å². The molecule has 0 unspecified atom stereocenters. The van der Waals surface area contributed by atoms with Gasteiger partial charge < -0.3 is 10.5 Å². The first-order valence-electron chi connectivity index (χ1n) is 6.22. The molecular formula is C14H11Cl2F3N2O3. The number of nitro groups is 1. The van der Waals surface area contributed by atoms with Gasteiger partial charge in [-0.3, -0.25) is 10.1 Å². The van der Waals surface area contributed by atoms with Gasteiger partial charge in [-0.25, -0.2) is 0 Å². The molecule has 0 aliphatic carbocycles. The van der Waals surface area contributed by atoms with E-state index in [1.807, 2.05) is 0 Å². The summed E-state index contributed by atoms with van der Waals surface area (Å²) in [6.45, 7) is 0. The Morgan fingerprint density at radius 3 is 2.25 bits per heavy atom. The fourth-order valence-corrected chi connectivity index (χ4v) is 2.17. The van der Waals surface area contributed by atoms with E-state index in [2.05, 4.69) is 4.74 Å². The maximum absolute atomic E-state index is 12.1. The quantitative estimate of drug-likeness (QED) is 0.618. The maximum Gasteiger partial charge on any atom is 0.573 e. The summed E-state index contributed by atoms with van der Waals surface area (Å²) in [4.78, 5) is 10.2. The van der Waals surface area contributed by atoms with Gasteiger partial charge in [-0.15, -0.1) is 25.6 Å². The van der Waals surface area contributed by atoms with Gasteiger partial charge in [0.1, 0.15) is 5.75 Å². The highest BCUT2D eigenvalue weighted by atomic mass is 35.5. The number of hydrogen-bond donors (Lipinski definition) is 1. The number of benzene rings is 2. The standard InChI is InChI=1S/C14H10ClF3N2O3.ClH/c15-12-6-3-9(20(21)22)7-11(12)13(19)8-1-4-10(5-2-8)23-14(16,17)18;/h1-7,13H,19H2;1H/t13-;/m0./s1. The van der Waals surface area contributed by atoms with Crippen molar-refractivity contribution in [2.75, 3.05) is 0 Å². The predicted molar refractivity (Wildman–Crippen MR) is 84.5 cm³/mol. The summed E-state index contributed by atoms with van der Waals surface area (Å²) in [7, 11) is 0. The summed E-state index contributed by atoms with van der Waals surface area (Å²) in [5.41, 5.74) is 6.54. The lowest BCUT2D eigenvalue weighted by atomic mass is 9.99. The molecule has 24 heavy (non-hydrogen) atoms. The van der Waals surface area contributed by atoms with E-state index in [1.165, 1.54) is 30.3 Å². The van der Waals surface area contributed by atoms with Gasteiger partial charge >= 0.3 is 6.36 Å². The van der Waals surface area contributed by atoms with Crippen LogP contribution in [0.1, 0.15) is 17.2 Å². The summed E-state index contributed by atoms with van der Waals surface area (Å²) in [6.07, 6.45) is -4.78. The summed E-state index contributed by atoms with van der Waals surface area (Å²) >= 11 is 5.99. The monoisotopic (exact) mass is 382 g/mol. The lowest BCUT2D eigenvalue weighted by molar-refractivity contribution is -0.384. The first kappa shape index (κ1) is 20.0. The van der Waals surface area contributed by atoms with Crippen LogP contribution in [0.4, 0.5) is 18.9 Å². The zero-order valence-electron chi connectivity index (χ0n) is 11.8. The zero-order valence-corrected chi connectivity index (χ0v) is 13.4. The fourth-order valence-electron chi connectivity index (χ4n) is 1.94. The number of ether oxygens (including phenoxy) is 1. The van der Waals surface area contributed by atoms with Crippen molar-refractivity contribution < 1.29 is 22.8 Å². The Bertz CT molecular complexity index is 724. The van der Waals surface area contributed by atoms with E-state index in [9.17, 15) is 23.3 Å². The van der Waals surface area contributed by atoms with Crippen molar-refractivity contribution in [2.45, 2.75) is 12.4 Å². The van der Waals surface area contributed by atoms with Gasteiger partial charge in [0, 0.05) is 17.2 Å². The number of non-ortho nitro benzene ring substituents is 1. The molecule has 5 nitrogen and oxygen atoms in total. The van der Waals surface area contributed by atoms with Crippen LogP contribution in [0, 0.1) is 10.1 Å². The Morgan fingerprint density at radius 1 is 1.17 bits per heavy atom. The number of nitro benzene ring substituents is 1. The molecule has 0 aromatic heterocycles. The topological polar surface area (TPSA) is 78.4 Å². The molecule has 0 heterocycles. The van der Waals surface area contributed by atoms with E-state index in [0.717, 1.165) is 12.1 Å². The Hall–Kier alpha value is -2.03. The smallest absolute Gasteiger partial charge is 0.406 e. The second-order valence-corrected chi connectivity index (χ2v) is 4.96. The summed E-state index contributed by atoms with van der Waals surface area (Å²) in [5, 5.41) is 11.0. The van der Waals surface area contributed by atoms with Crippen molar-refractivity contribution in [3.8, 4) is 5.75 Å². The van der Waals surface area contributed by atoms with Gasteiger partial charge in [0.05, 0.1) is 11.0 Å². The third-order valence-corrected chi connectivity index (χ3v) is 3.34. The molecule has 0 fully saturated rings. The van der Waals surface area contributed by atoms with Crippen LogP contribution in [-0.4, -0.2) is 11.3 Å².